The van der Waals surface area contributed by atoms with Gasteiger partial charge in [0.1, 0.15) is 11.2 Å². The molecule has 0 amide bonds. The van der Waals surface area contributed by atoms with Crippen LogP contribution in [0.3, 0.4) is 0 Å². The lowest BCUT2D eigenvalue weighted by molar-refractivity contribution is 0.660. The Labute approximate surface area is 328 Å². The van der Waals surface area contributed by atoms with E-state index < -0.39 is 0 Å². The molecule has 2 aliphatic rings. The maximum atomic E-state index is 6.08. The monoisotopic (exact) mass is 719 g/mol. The molecule has 0 radical (unpaired) electrons. The molecular formula is C54H41NO. The Morgan fingerprint density at radius 2 is 0.768 bits per heavy atom. The topological polar surface area (TPSA) is 16.4 Å². The molecule has 2 aliphatic carbocycles. The molecule has 268 valence electrons. The second-order valence-corrected chi connectivity index (χ2v) is 16.6. The molecule has 11 rings (SSSR count). The van der Waals surface area contributed by atoms with Crippen molar-refractivity contribution < 1.29 is 4.42 Å². The van der Waals surface area contributed by atoms with Gasteiger partial charge in [-0.1, -0.05) is 149 Å². The van der Waals surface area contributed by atoms with Gasteiger partial charge >= 0.3 is 0 Å². The molecule has 0 saturated carbocycles. The summed E-state index contributed by atoms with van der Waals surface area (Å²) in [5.74, 6) is 0. The van der Waals surface area contributed by atoms with E-state index in [1.54, 1.807) is 0 Å². The van der Waals surface area contributed by atoms with E-state index >= 15 is 0 Å². The zero-order valence-corrected chi connectivity index (χ0v) is 32.1. The van der Waals surface area contributed by atoms with E-state index in [4.69, 9.17) is 4.42 Å². The van der Waals surface area contributed by atoms with Crippen LogP contribution in [0.4, 0.5) is 17.1 Å². The summed E-state index contributed by atoms with van der Waals surface area (Å²) in [5.41, 5.74) is 20.7. The average molecular weight is 720 g/mol. The third-order valence-corrected chi connectivity index (χ3v) is 12.7. The van der Waals surface area contributed by atoms with Gasteiger partial charge in [-0.15, -0.1) is 0 Å². The van der Waals surface area contributed by atoms with Gasteiger partial charge in [-0.05, 0) is 121 Å². The summed E-state index contributed by atoms with van der Waals surface area (Å²) in [7, 11) is 0. The van der Waals surface area contributed by atoms with Crippen molar-refractivity contribution in [3.05, 3.63) is 198 Å². The first kappa shape index (κ1) is 32.8. The van der Waals surface area contributed by atoms with E-state index in [0.29, 0.717) is 0 Å². The lowest BCUT2D eigenvalue weighted by Crippen LogP contribution is -2.18. The Morgan fingerprint density at radius 3 is 1.36 bits per heavy atom. The molecule has 1 heterocycles. The van der Waals surface area contributed by atoms with Gasteiger partial charge in [0.15, 0.2) is 0 Å². The van der Waals surface area contributed by atoms with Gasteiger partial charge in [0.25, 0.3) is 0 Å². The first-order valence-corrected chi connectivity index (χ1v) is 19.7. The van der Waals surface area contributed by atoms with E-state index in [9.17, 15) is 0 Å². The number of para-hydroxylation sites is 1. The smallest absolute Gasteiger partial charge is 0.135 e. The van der Waals surface area contributed by atoms with Crippen molar-refractivity contribution in [3.63, 3.8) is 0 Å². The van der Waals surface area contributed by atoms with Crippen LogP contribution in [-0.4, -0.2) is 0 Å². The molecule has 9 aromatic rings. The van der Waals surface area contributed by atoms with Crippen molar-refractivity contribution in [1.29, 1.82) is 0 Å². The minimum Gasteiger partial charge on any atom is -0.456 e. The molecule has 0 spiro atoms. The van der Waals surface area contributed by atoms with E-state index in [1.807, 2.05) is 12.1 Å². The molecule has 0 saturated heterocycles. The highest BCUT2D eigenvalue weighted by Crippen LogP contribution is 2.53. The number of benzene rings is 8. The highest BCUT2D eigenvalue weighted by molar-refractivity contribution is 6.06. The van der Waals surface area contributed by atoms with E-state index in [2.05, 4.69) is 196 Å². The number of rotatable bonds is 5. The van der Waals surface area contributed by atoms with Gasteiger partial charge in [0, 0.05) is 38.7 Å². The number of hydrogen-bond donors (Lipinski definition) is 0. The van der Waals surface area contributed by atoms with Crippen LogP contribution in [0.2, 0.25) is 0 Å². The van der Waals surface area contributed by atoms with Crippen LogP contribution < -0.4 is 4.90 Å². The number of fused-ring (bicyclic) bond motifs is 9. The van der Waals surface area contributed by atoms with Crippen molar-refractivity contribution in [3.8, 4) is 44.5 Å². The highest BCUT2D eigenvalue weighted by Gasteiger charge is 2.37. The fourth-order valence-electron chi connectivity index (χ4n) is 9.67. The first-order chi connectivity index (χ1) is 27.3. The summed E-state index contributed by atoms with van der Waals surface area (Å²) in [6.45, 7) is 9.44. The summed E-state index contributed by atoms with van der Waals surface area (Å²) in [5, 5.41) is 2.30. The number of nitrogens with zero attached hydrogens (tertiary/aromatic N) is 1. The molecule has 0 atom stereocenters. The van der Waals surface area contributed by atoms with E-state index in [-0.39, 0.29) is 10.8 Å². The summed E-state index contributed by atoms with van der Waals surface area (Å²) in [4.78, 5) is 2.45. The summed E-state index contributed by atoms with van der Waals surface area (Å²) >= 11 is 0. The maximum Gasteiger partial charge on any atom is 0.135 e. The predicted octanol–water partition coefficient (Wildman–Crippen LogP) is 15.0. The number of anilines is 3. The zero-order valence-electron chi connectivity index (χ0n) is 32.1. The minimum absolute atomic E-state index is 0.0940. The van der Waals surface area contributed by atoms with E-state index in [1.165, 1.54) is 66.8 Å². The van der Waals surface area contributed by atoms with Gasteiger partial charge in [-0.25, -0.2) is 0 Å². The molecule has 0 aliphatic heterocycles. The van der Waals surface area contributed by atoms with Crippen molar-refractivity contribution in [1.82, 2.24) is 0 Å². The highest BCUT2D eigenvalue weighted by atomic mass is 16.3. The quantitative estimate of drug-likeness (QED) is 0.176. The maximum absolute atomic E-state index is 6.08. The van der Waals surface area contributed by atoms with Crippen LogP contribution in [-0.2, 0) is 10.8 Å². The van der Waals surface area contributed by atoms with Crippen LogP contribution in [0.5, 0.6) is 0 Å². The summed E-state index contributed by atoms with van der Waals surface area (Å²) in [6.07, 6.45) is 0. The zero-order chi connectivity index (χ0) is 37.8. The Kier molecular flexibility index (Phi) is 6.98. The molecule has 0 unspecified atom stereocenters. The minimum atomic E-state index is -0.0940. The van der Waals surface area contributed by atoms with Crippen LogP contribution >= 0.6 is 0 Å². The summed E-state index contributed by atoms with van der Waals surface area (Å²) in [6, 6.07) is 64.7. The molecular weight excluding hydrogens is 679 g/mol. The first-order valence-electron chi connectivity index (χ1n) is 19.7. The molecule has 1 aromatic heterocycles. The van der Waals surface area contributed by atoms with Gasteiger partial charge in [-0.3, -0.25) is 0 Å². The normalized spacial score (nSPS) is 14.4. The average Bonchev–Trinajstić information content (AvgIpc) is 3.80. The van der Waals surface area contributed by atoms with Crippen molar-refractivity contribution in [2.75, 3.05) is 4.90 Å². The number of hydrogen-bond acceptors (Lipinski definition) is 2. The molecule has 56 heavy (non-hydrogen) atoms. The van der Waals surface area contributed by atoms with Crippen LogP contribution in [0.15, 0.2) is 180 Å². The molecule has 8 aromatic carbocycles. The SMILES string of the molecule is CC1(C)c2ccccc2-c2ccc(N(c3ccc(-c4ccc(-c5ccc6oc7ccccc7c6c5)cc4)cc3)c3ccc4c(c3)C(C)(C)c3ccccc3-4)cc21. The lowest BCUT2D eigenvalue weighted by atomic mass is 9.82. The fraction of sp³-hybridized carbons (Fsp3) is 0.111. The van der Waals surface area contributed by atoms with Crippen LogP contribution in [0, 0.1) is 0 Å². The Hall–Kier alpha value is -6.64. The molecule has 0 N–H and O–H groups in total. The van der Waals surface area contributed by atoms with Gasteiger partial charge in [0.2, 0.25) is 0 Å². The van der Waals surface area contributed by atoms with Gasteiger partial charge in [-0.2, -0.15) is 0 Å². The standard InChI is InChI=1S/C54H41NO/c1-53(2)47-14-8-5-11-41(47)43-28-26-39(32-49(43)53)55(40-27-29-44-42-12-6-9-15-48(42)54(3,4)50(44)33-40)38-24-21-35(22-25-38)34-17-19-36(20-18-34)37-23-30-52-46(31-37)45-13-7-10-16-51(45)56-52/h5-33H,1-4H3. The predicted molar refractivity (Wildman–Crippen MR) is 234 cm³/mol. The second kappa shape index (κ2) is 11.9. The van der Waals surface area contributed by atoms with Crippen LogP contribution in [0.25, 0.3) is 66.4 Å². The second-order valence-electron chi connectivity index (χ2n) is 16.6. The van der Waals surface area contributed by atoms with Crippen molar-refractivity contribution in [2.45, 2.75) is 38.5 Å². The summed E-state index contributed by atoms with van der Waals surface area (Å²) < 4.78 is 6.08. The van der Waals surface area contributed by atoms with Gasteiger partial charge < -0.3 is 9.32 Å². The van der Waals surface area contributed by atoms with Gasteiger partial charge in [0.05, 0.1) is 0 Å². The third kappa shape index (κ3) is 4.82. The molecule has 2 heteroatoms. The molecule has 0 bridgehead atoms. The Balaban J connectivity index is 0.978. The van der Waals surface area contributed by atoms with Crippen LogP contribution in [0.1, 0.15) is 49.9 Å². The Bertz CT molecular complexity index is 2910. The Morgan fingerprint density at radius 1 is 0.339 bits per heavy atom. The number of furan rings is 1. The molecule has 0 fully saturated rings. The largest absolute Gasteiger partial charge is 0.456 e. The third-order valence-electron chi connectivity index (χ3n) is 12.7. The van der Waals surface area contributed by atoms with E-state index in [0.717, 1.165) is 39.0 Å². The van der Waals surface area contributed by atoms with Crippen molar-refractivity contribution >= 4 is 39.0 Å². The fourth-order valence-corrected chi connectivity index (χ4v) is 9.67. The lowest BCUT2D eigenvalue weighted by Gasteiger charge is -2.30. The molecule has 2 nitrogen and oxygen atoms in total. The van der Waals surface area contributed by atoms with Crippen molar-refractivity contribution in [2.24, 2.45) is 0 Å².